The van der Waals surface area contributed by atoms with E-state index in [0.717, 1.165) is 30.8 Å². The van der Waals surface area contributed by atoms with Crippen molar-refractivity contribution < 1.29 is 9.84 Å². The first-order chi connectivity index (χ1) is 8.24. The molecule has 1 aliphatic heterocycles. The lowest BCUT2D eigenvalue weighted by Gasteiger charge is -2.31. The van der Waals surface area contributed by atoms with Crippen LogP contribution in [0.2, 0.25) is 0 Å². The van der Waals surface area contributed by atoms with Crippen molar-refractivity contribution in [2.75, 3.05) is 6.61 Å². The van der Waals surface area contributed by atoms with Crippen molar-refractivity contribution in [1.29, 1.82) is 0 Å². The number of hydrogen-bond donors (Lipinski definition) is 1. The summed E-state index contributed by atoms with van der Waals surface area (Å²) in [4.78, 5) is 0. The first kappa shape index (κ1) is 12.2. The molecule has 0 radical (unpaired) electrons. The highest BCUT2D eigenvalue weighted by molar-refractivity contribution is 5.22. The second-order valence-corrected chi connectivity index (χ2v) is 4.61. The van der Waals surface area contributed by atoms with Crippen LogP contribution in [0, 0.1) is 0 Å². The third-order valence-corrected chi connectivity index (χ3v) is 3.32. The topological polar surface area (TPSA) is 29.5 Å². The molecule has 1 heterocycles. The number of hydrogen-bond acceptors (Lipinski definition) is 2. The molecule has 1 aromatic rings. The molecule has 0 aliphatic carbocycles. The van der Waals surface area contributed by atoms with Gasteiger partial charge in [-0.15, -0.1) is 0 Å². The number of ether oxygens (including phenoxy) is 1. The van der Waals surface area contributed by atoms with Gasteiger partial charge >= 0.3 is 0 Å². The van der Waals surface area contributed by atoms with Crippen molar-refractivity contribution in [2.45, 2.75) is 38.2 Å². The molecule has 0 bridgehead atoms. The minimum absolute atomic E-state index is 0.621. The van der Waals surface area contributed by atoms with Crippen molar-refractivity contribution in [3.8, 4) is 0 Å². The highest BCUT2D eigenvalue weighted by Gasteiger charge is 2.32. The Hall–Kier alpha value is -1.28. The van der Waals surface area contributed by atoms with Crippen LogP contribution in [-0.4, -0.2) is 17.3 Å². The van der Waals surface area contributed by atoms with E-state index >= 15 is 0 Å². The number of aliphatic hydroxyl groups is 1. The molecule has 2 rings (SSSR count). The predicted octanol–water partition coefficient (Wildman–Crippen LogP) is 3.06. The van der Waals surface area contributed by atoms with Gasteiger partial charge in [0.25, 0.3) is 0 Å². The first-order valence-corrected chi connectivity index (χ1v) is 6.34. The Bertz CT molecular complexity index is 383. The van der Waals surface area contributed by atoms with Crippen LogP contribution in [0.4, 0.5) is 0 Å². The van der Waals surface area contributed by atoms with Gasteiger partial charge < -0.3 is 9.84 Å². The number of rotatable bonds is 4. The van der Waals surface area contributed by atoms with E-state index in [4.69, 9.17) is 4.74 Å². The average molecular weight is 232 g/mol. The van der Waals surface area contributed by atoms with E-state index in [1.165, 1.54) is 0 Å². The van der Waals surface area contributed by atoms with Crippen LogP contribution in [0.5, 0.6) is 0 Å². The average Bonchev–Trinajstić information content (AvgIpc) is 2.41. The third kappa shape index (κ3) is 2.89. The summed E-state index contributed by atoms with van der Waals surface area (Å²) in [5.41, 5.74) is 0.300. The molecule has 1 aromatic carbocycles. The summed E-state index contributed by atoms with van der Waals surface area (Å²) in [6, 6.07) is 10.1. The fraction of sp³-hybridized carbons (Fsp3) is 0.467. The molecule has 0 amide bonds. The van der Waals surface area contributed by atoms with Crippen molar-refractivity contribution in [2.24, 2.45) is 0 Å². The molecule has 2 nitrogen and oxygen atoms in total. The maximum Gasteiger partial charge on any atom is 0.125 e. The molecule has 2 heteroatoms. The fourth-order valence-electron chi connectivity index (χ4n) is 2.20. The SMILES string of the molecule is CCC(O)(Cc1ccccc1)C1=CCCCO1. The van der Waals surface area contributed by atoms with Crippen LogP contribution in [0.15, 0.2) is 42.2 Å². The van der Waals surface area contributed by atoms with Gasteiger partial charge in [-0.3, -0.25) is 0 Å². The van der Waals surface area contributed by atoms with Gasteiger partial charge in [-0.05, 0) is 30.9 Å². The monoisotopic (exact) mass is 232 g/mol. The van der Waals surface area contributed by atoms with Crippen molar-refractivity contribution in [1.82, 2.24) is 0 Å². The van der Waals surface area contributed by atoms with Crippen LogP contribution in [0.1, 0.15) is 31.7 Å². The smallest absolute Gasteiger partial charge is 0.125 e. The first-order valence-electron chi connectivity index (χ1n) is 6.34. The summed E-state index contributed by atoms with van der Waals surface area (Å²) >= 11 is 0. The third-order valence-electron chi connectivity index (χ3n) is 3.32. The fourth-order valence-corrected chi connectivity index (χ4v) is 2.20. The molecule has 1 N–H and O–H groups in total. The minimum Gasteiger partial charge on any atom is -0.495 e. The highest BCUT2D eigenvalue weighted by atomic mass is 16.5. The molecule has 1 atom stereocenters. The van der Waals surface area contributed by atoms with Gasteiger partial charge in [0.1, 0.15) is 11.4 Å². The van der Waals surface area contributed by atoms with E-state index in [-0.39, 0.29) is 0 Å². The van der Waals surface area contributed by atoms with Gasteiger partial charge in [-0.2, -0.15) is 0 Å². The Labute approximate surface area is 103 Å². The van der Waals surface area contributed by atoms with Gasteiger partial charge in [0.2, 0.25) is 0 Å². The van der Waals surface area contributed by atoms with E-state index < -0.39 is 5.60 Å². The molecule has 1 unspecified atom stereocenters. The second-order valence-electron chi connectivity index (χ2n) is 4.61. The van der Waals surface area contributed by atoms with Gasteiger partial charge in [0.15, 0.2) is 0 Å². The number of allylic oxidation sites excluding steroid dienone is 1. The van der Waals surface area contributed by atoms with Gasteiger partial charge in [-0.25, -0.2) is 0 Å². The molecule has 0 spiro atoms. The van der Waals surface area contributed by atoms with E-state index in [9.17, 15) is 5.11 Å². The molecule has 0 aromatic heterocycles. The van der Waals surface area contributed by atoms with Crippen LogP contribution < -0.4 is 0 Å². The summed E-state index contributed by atoms with van der Waals surface area (Å²) in [6.07, 6.45) is 5.39. The zero-order chi connectivity index (χ0) is 12.1. The highest BCUT2D eigenvalue weighted by Crippen LogP contribution is 2.29. The normalized spacial score (nSPS) is 19.1. The molecular weight excluding hydrogens is 212 g/mol. The zero-order valence-corrected chi connectivity index (χ0v) is 10.4. The molecule has 92 valence electrons. The summed E-state index contributed by atoms with van der Waals surface area (Å²) in [5.74, 6) is 0.759. The van der Waals surface area contributed by atoms with E-state index in [2.05, 4.69) is 0 Å². The van der Waals surface area contributed by atoms with E-state index in [1.807, 2.05) is 43.3 Å². The molecule has 0 saturated carbocycles. The molecule has 1 aliphatic rings. The molecule has 0 fully saturated rings. The van der Waals surface area contributed by atoms with Gasteiger partial charge in [0.05, 0.1) is 6.61 Å². The standard InChI is InChI=1S/C15H20O2/c1-2-15(16,14-10-6-7-11-17-14)12-13-8-4-3-5-9-13/h3-5,8-10,16H,2,6-7,11-12H2,1H3. The Balaban J connectivity index is 2.16. The Morgan fingerprint density at radius 1 is 1.29 bits per heavy atom. The van der Waals surface area contributed by atoms with Crippen LogP contribution in [0.3, 0.4) is 0 Å². The summed E-state index contributed by atoms with van der Waals surface area (Å²) < 4.78 is 5.62. The van der Waals surface area contributed by atoms with Crippen molar-refractivity contribution in [3.05, 3.63) is 47.7 Å². The van der Waals surface area contributed by atoms with E-state index in [1.54, 1.807) is 0 Å². The summed E-state index contributed by atoms with van der Waals surface area (Å²) in [7, 11) is 0. The Kier molecular flexibility index (Phi) is 3.85. The quantitative estimate of drug-likeness (QED) is 0.864. The zero-order valence-electron chi connectivity index (χ0n) is 10.4. The lowest BCUT2D eigenvalue weighted by molar-refractivity contribution is 0.00148. The summed E-state index contributed by atoms with van der Waals surface area (Å²) in [6.45, 7) is 2.73. The molecular formula is C15H20O2. The van der Waals surface area contributed by atoms with Crippen molar-refractivity contribution in [3.63, 3.8) is 0 Å². The van der Waals surface area contributed by atoms with Crippen LogP contribution >= 0.6 is 0 Å². The maximum absolute atomic E-state index is 10.7. The maximum atomic E-state index is 10.7. The van der Waals surface area contributed by atoms with Crippen LogP contribution in [-0.2, 0) is 11.2 Å². The number of benzene rings is 1. The van der Waals surface area contributed by atoms with E-state index in [0.29, 0.717) is 12.8 Å². The van der Waals surface area contributed by atoms with Gasteiger partial charge in [0, 0.05) is 6.42 Å². The van der Waals surface area contributed by atoms with Crippen molar-refractivity contribution >= 4 is 0 Å². The lowest BCUT2D eigenvalue weighted by atomic mass is 9.88. The minimum atomic E-state index is -0.845. The summed E-state index contributed by atoms with van der Waals surface area (Å²) in [5, 5.41) is 10.7. The lowest BCUT2D eigenvalue weighted by Crippen LogP contribution is -2.35. The second kappa shape index (κ2) is 5.37. The predicted molar refractivity (Wildman–Crippen MR) is 68.7 cm³/mol. The largest absolute Gasteiger partial charge is 0.495 e. The molecule has 0 saturated heterocycles. The van der Waals surface area contributed by atoms with Gasteiger partial charge in [-0.1, -0.05) is 37.3 Å². The Morgan fingerprint density at radius 2 is 2.06 bits per heavy atom. The van der Waals surface area contributed by atoms with Crippen LogP contribution in [0.25, 0.3) is 0 Å². The Morgan fingerprint density at radius 3 is 2.65 bits per heavy atom. The molecule has 17 heavy (non-hydrogen) atoms.